The van der Waals surface area contributed by atoms with Crippen LogP contribution in [0.2, 0.25) is 0 Å². The number of fused-ring (bicyclic) bond motifs is 5. The number of carboxylic acid groups (broad SMARTS) is 1. The molecule has 8 atom stereocenters. The minimum Gasteiger partial charge on any atom is -0.481 e. The molecule has 0 aliphatic heterocycles. The van der Waals surface area contributed by atoms with Gasteiger partial charge in [-0.05, 0) is 79.4 Å². The Hall–Kier alpha value is -1.19. The highest BCUT2D eigenvalue weighted by atomic mass is 16.4. The average molecular weight is 389 g/mol. The van der Waals surface area contributed by atoms with Crippen LogP contribution >= 0.6 is 0 Å². The maximum Gasteiger partial charge on any atom is 0.303 e. The van der Waals surface area contributed by atoms with E-state index >= 15 is 0 Å². The van der Waals surface area contributed by atoms with E-state index in [0.717, 1.165) is 32.1 Å². The number of carboxylic acids is 1. The molecule has 0 bridgehead atoms. The molecule has 4 aliphatic carbocycles. The van der Waals surface area contributed by atoms with Crippen molar-refractivity contribution in [1.82, 2.24) is 0 Å². The molecule has 0 amide bonds. The number of ketones is 2. The minimum absolute atomic E-state index is 0.154. The van der Waals surface area contributed by atoms with Gasteiger partial charge < -0.3 is 5.11 Å². The number of carbonyl (C=O) groups is 3. The highest BCUT2D eigenvalue weighted by Crippen LogP contribution is 2.67. The second-order valence-corrected chi connectivity index (χ2v) is 10.9. The molecule has 0 aromatic heterocycles. The number of Topliss-reactive ketones (excluding diaryl/α,β-unsaturated/α-hetero) is 2. The second-order valence-electron chi connectivity index (χ2n) is 10.9. The van der Waals surface area contributed by atoms with E-state index in [-0.39, 0.29) is 23.2 Å². The molecule has 4 fully saturated rings. The molecule has 28 heavy (non-hydrogen) atoms. The van der Waals surface area contributed by atoms with Gasteiger partial charge in [-0.25, -0.2) is 0 Å². The van der Waals surface area contributed by atoms with E-state index in [2.05, 4.69) is 20.8 Å². The monoisotopic (exact) mass is 388 g/mol. The summed E-state index contributed by atoms with van der Waals surface area (Å²) in [7, 11) is 0. The molecule has 0 saturated heterocycles. The summed E-state index contributed by atoms with van der Waals surface area (Å²) in [6.45, 7) is 6.74. The highest BCUT2D eigenvalue weighted by Gasteiger charge is 2.63. The van der Waals surface area contributed by atoms with Gasteiger partial charge in [-0.2, -0.15) is 0 Å². The van der Waals surface area contributed by atoms with Gasteiger partial charge >= 0.3 is 5.97 Å². The lowest BCUT2D eigenvalue weighted by Gasteiger charge is -2.59. The summed E-state index contributed by atoms with van der Waals surface area (Å²) < 4.78 is 0. The van der Waals surface area contributed by atoms with Crippen molar-refractivity contribution in [1.29, 1.82) is 0 Å². The summed E-state index contributed by atoms with van der Waals surface area (Å²) in [5.74, 6) is 2.69. The van der Waals surface area contributed by atoms with Crippen LogP contribution in [0.3, 0.4) is 0 Å². The van der Waals surface area contributed by atoms with Crippen LogP contribution < -0.4 is 0 Å². The normalized spacial score (nSPS) is 46.5. The summed E-state index contributed by atoms with van der Waals surface area (Å²) in [6, 6.07) is 0. The summed E-state index contributed by atoms with van der Waals surface area (Å²) in [4.78, 5) is 36.7. The van der Waals surface area contributed by atoms with Crippen LogP contribution in [0.25, 0.3) is 0 Å². The predicted octanol–water partition coefficient (Wildman–Crippen LogP) is 4.89. The molecular weight excluding hydrogens is 352 g/mol. The van der Waals surface area contributed by atoms with E-state index in [1.807, 2.05) is 0 Å². The molecule has 4 heteroatoms. The lowest BCUT2D eigenvalue weighted by atomic mass is 9.44. The quantitative estimate of drug-likeness (QED) is 0.744. The second kappa shape index (κ2) is 6.95. The van der Waals surface area contributed by atoms with Gasteiger partial charge in [-0.3, -0.25) is 14.4 Å². The standard InChI is InChI=1S/C24H36O4/c1-14(4-9-22(27)28)18-7-8-19-17-6-5-15-12-16(25)10-11-23(15,2)20(17)13-21(26)24(18,19)3/h14-15,17-20H,4-13H2,1-3H3,(H,27,28)/t14-,15+,17-,18-,19-,20-,23+,24-/m1/s1. The van der Waals surface area contributed by atoms with Crippen LogP contribution in [-0.2, 0) is 14.4 Å². The van der Waals surface area contributed by atoms with Crippen LogP contribution in [-0.4, -0.2) is 22.6 Å². The smallest absolute Gasteiger partial charge is 0.303 e. The summed E-state index contributed by atoms with van der Waals surface area (Å²) in [5, 5.41) is 9.07. The number of aliphatic carboxylic acids is 1. The summed E-state index contributed by atoms with van der Waals surface area (Å²) in [5.41, 5.74) is -0.117. The van der Waals surface area contributed by atoms with Gasteiger partial charge in [0.1, 0.15) is 11.6 Å². The lowest BCUT2D eigenvalue weighted by molar-refractivity contribution is -0.159. The zero-order valence-electron chi connectivity index (χ0n) is 17.7. The summed E-state index contributed by atoms with van der Waals surface area (Å²) >= 11 is 0. The molecular formula is C24H36O4. The van der Waals surface area contributed by atoms with E-state index in [9.17, 15) is 14.4 Å². The topological polar surface area (TPSA) is 71.4 Å². The van der Waals surface area contributed by atoms with Crippen LogP contribution in [0.4, 0.5) is 0 Å². The van der Waals surface area contributed by atoms with E-state index in [0.29, 0.717) is 60.4 Å². The van der Waals surface area contributed by atoms with Crippen LogP contribution in [0.15, 0.2) is 0 Å². The number of hydrogen-bond acceptors (Lipinski definition) is 3. The Morgan fingerprint density at radius 2 is 1.86 bits per heavy atom. The van der Waals surface area contributed by atoms with Crippen molar-refractivity contribution < 1.29 is 19.5 Å². The van der Waals surface area contributed by atoms with Gasteiger partial charge in [0, 0.05) is 31.1 Å². The van der Waals surface area contributed by atoms with Crippen LogP contribution in [0, 0.1) is 46.3 Å². The van der Waals surface area contributed by atoms with Crippen LogP contribution in [0.1, 0.15) is 85.0 Å². The molecule has 0 aromatic carbocycles. The molecule has 4 nitrogen and oxygen atoms in total. The Bertz CT molecular complexity index is 684. The number of hydrogen-bond donors (Lipinski definition) is 1. The van der Waals surface area contributed by atoms with Crippen molar-refractivity contribution in [3.8, 4) is 0 Å². The molecule has 156 valence electrons. The molecule has 0 spiro atoms. The van der Waals surface area contributed by atoms with Crippen molar-refractivity contribution in [3.05, 3.63) is 0 Å². The fraction of sp³-hybridized carbons (Fsp3) is 0.875. The maximum atomic E-state index is 13.6. The van der Waals surface area contributed by atoms with Gasteiger partial charge in [0.25, 0.3) is 0 Å². The van der Waals surface area contributed by atoms with Gasteiger partial charge in [-0.1, -0.05) is 20.8 Å². The zero-order valence-corrected chi connectivity index (χ0v) is 17.7. The van der Waals surface area contributed by atoms with Crippen molar-refractivity contribution in [2.75, 3.05) is 0 Å². The highest BCUT2D eigenvalue weighted by molar-refractivity contribution is 5.87. The minimum atomic E-state index is -0.736. The molecule has 0 aromatic rings. The predicted molar refractivity (Wildman–Crippen MR) is 107 cm³/mol. The Balaban J connectivity index is 1.58. The average Bonchev–Trinajstić information content (AvgIpc) is 3.00. The first-order chi connectivity index (χ1) is 13.2. The maximum absolute atomic E-state index is 13.6. The first kappa shape index (κ1) is 20.1. The summed E-state index contributed by atoms with van der Waals surface area (Å²) in [6.07, 6.45) is 8.43. The van der Waals surface area contributed by atoms with Gasteiger partial charge in [0.05, 0.1) is 0 Å². The first-order valence-corrected chi connectivity index (χ1v) is 11.4. The third kappa shape index (κ3) is 2.89. The molecule has 4 saturated carbocycles. The molecule has 1 N–H and O–H groups in total. The van der Waals surface area contributed by atoms with Crippen molar-refractivity contribution in [2.24, 2.45) is 46.3 Å². The van der Waals surface area contributed by atoms with Gasteiger partial charge in [0.15, 0.2) is 0 Å². The fourth-order valence-electron chi connectivity index (χ4n) is 8.25. The number of rotatable bonds is 4. The van der Waals surface area contributed by atoms with Gasteiger partial charge in [0.2, 0.25) is 0 Å². The third-order valence-corrected chi connectivity index (χ3v) is 9.91. The Kier molecular flexibility index (Phi) is 4.99. The van der Waals surface area contributed by atoms with Crippen molar-refractivity contribution in [2.45, 2.75) is 85.0 Å². The molecule has 0 heterocycles. The van der Waals surface area contributed by atoms with Crippen molar-refractivity contribution in [3.63, 3.8) is 0 Å². The van der Waals surface area contributed by atoms with E-state index in [1.165, 1.54) is 6.42 Å². The fourth-order valence-corrected chi connectivity index (χ4v) is 8.25. The molecule has 0 radical (unpaired) electrons. The Morgan fingerprint density at radius 3 is 2.57 bits per heavy atom. The zero-order chi connectivity index (χ0) is 20.3. The Labute approximate surface area is 168 Å². The number of carbonyl (C=O) groups excluding carboxylic acids is 2. The van der Waals surface area contributed by atoms with E-state index in [4.69, 9.17) is 5.11 Å². The van der Waals surface area contributed by atoms with Crippen LogP contribution in [0.5, 0.6) is 0 Å². The van der Waals surface area contributed by atoms with Crippen molar-refractivity contribution >= 4 is 17.5 Å². The Morgan fingerprint density at radius 1 is 1.11 bits per heavy atom. The van der Waals surface area contributed by atoms with E-state index < -0.39 is 5.97 Å². The first-order valence-electron chi connectivity index (χ1n) is 11.4. The third-order valence-electron chi connectivity index (χ3n) is 9.91. The molecule has 4 rings (SSSR count). The lowest BCUT2D eigenvalue weighted by Crippen LogP contribution is -2.57. The molecule has 0 unspecified atom stereocenters. The van der Waals surface area contributed by atoms with Gasteiger partial charge in [-0.15, -0.1) is 0 Å². The largest absolute Gasteiger partial charge is 0.481 e. The van der Waals surface area contributed by atoms with E-state index in [1.54, 1.807) is 0 Å². The SMILES string of the molecule is C[C@H](CCC(=O)O)[C@H]1CC[C@@H]2[C@H]3CC[C@H]4CC(=O)CC[C@]4(C)[C@@H]3CC(=O)[C@@]21C. The molecule has 4 aliphatic rings.